The van der Waals surface area contributed by atoms with Gasteiger partial charge in [0.25, 0.3) is 0 Å². The van der Waals surface area contributed by atoms with E-state index in [4.69, 9.17) is 10.00 Å². The predicted octanol–water partition coefficient (Wildman–Crippen LogP) is 2.05. The number of ether oxygens (including phenoxy) is 1. The second kappa shape index (κ2) is 9.77. The van der Waals surface area contributed by atoms with Gasteiger partial charge in [-0.1, -0.05) is 0 Å². The van der Waals surface area contributed by atoms with Crippen LogP contribution < -0.4 is 9.64 Å². The van der Waals surface area contributed by atoms with Crippen LogP contribution in [0.25, 0.3) is 11.3 Å². The van der Waals surface area contributed by atoms with Gasteiger partial charge in [-0.15, -0.1) is 0 Å². The van der Waals surface area contributed by atoms with Gasteiger partial charge in [0.2, 0.25) is 0 Å². The number of hydrogen-bond acceptors (Lipinski definition) is 7. The minimum Gasteiger partial charge on any atom is -0.491 e. The van der Waals surface area contributed by atoms with Crippen molar-refractivity contribution in [1.82, 2.24) is 19.7 Å². The molecule has 0 radical (unpaired) electrons. The Morgan fingerprint density at radius 3 is 2.66 bits per heavy atom. The molecule has 0 bridgehead atoms. The number of pyridine rings is 1. The van der Waals surface area contributed by atoms with Crippen molar-refractivity contribution in [2.24, 2.45) is 7.05 Å². The molecule has 0 saturated carbocycles. The predicted molar refractivity (Wildman–Crippen MR) is 118 cm³/mol. The number of nitrogens with zero attached hydrogens (tertiary/aromatic N) is 6. The number of β-amino-alcohol motifs (C(OH)–C–C–N with tert-alkyl or cyclic N) is 1. The van der Waals surface area contributed by atoms with Crippen LogP contribution in [0.2, 0.25) is 0 Å². The van der Waals surface area contributed by atoms with Crippen molar-refractivity contribution in [1.29, 1.82) is 5.26 Å². The Morgan fingerprint density at radius 2 is 2.00 bits per heavy atom. The summed E-state index contributed by atoms with van der Waals surface area (Å²) in [5, 5.41) is 23.4. The number of anilines is 1. The van der Waals surface area contributed by atoms with Gasteiger partial charge in [-0.25, -0.2) is 9.37 Å². The van der Waals surface area contributed by atoms with Crippen LogP contribution in [-0.2, 0) is 7.05 Å². The van der Waals surface area contributed by atoms with Crippen LogP contribution in [0.5, 0.6) is 5.75 Å². The van der Waals surface area contributed by atoms with Crippen molar-refractivity contribution in [2.45, 2.75) is 6.10 Å². The lowest BCUT2D eigenvalue weighted by Crippen LogP contribution is -2.49. The molecule has 0 spiro atoms. The van der Waals surface area contributed by atoms with Gasteiger partial charge < -0.3 is 14.7 Å². The maximum atomic E-state index is 14.1. The molecular weight excluding hydrogens is 411 g/mol. The highest BCUT2D eigenvalue weighted by molar-refractivity contribution is 5.61. The van der Waals surface area contributed by atoms with Gasteiger partial charge in [-0.2, -0.15) is 10.4 Å². The fourth-order valence-corrected chi connectivity index (χ4v) is 3.79. The molecule has 166 valence electrons. The Hall–Kier alpha value is -3.48. The van der Waals surface area contributed by atoms with Gasteiger partial charge in [0, 0.05) is 63.8 Å². The summed E-state index contributed by atoms with van der Waals surface area (Å²) in [6.07, 6.45) is 2.54. The molecular formula is C23H25FN6O2. The summed E-state index contributed by atoms with van der Waals surface area (Å²) in [6, 6.07) is 12.0. The first kappa shape index (κ1) is 21.7. The Labute approximate surface area is 186 Å². The number of hydrogen-bond donors (Lipinski definition) is 1. The van der Waals surface area contributed by atoms with Crippen molar-refractivity contribution >= 4 is 5.82 Å². The highest BCUT2D eigenvalue weighted by Crippen LogP contribution is 2.25. The summed E-state index contributed by atoms with van der Waals surface area (Å²) in [4.78, 5) is 8.67. The van der Waals surface area contributed by atoms with Gasteiger partial charge in [0.15, 0.2) is 0 Å². The zero-order valence-corrected chi connectivity index (χ0v) is 17.9. The van der Waals surface area contributed by atoms with E-state index in [0.29, 0.717) is 23.4 Å². The molecule has 8 nitrogen and oxygen atoms in total. The van der Waals surface area contributed by atoms with E-state index in [1.54, 1.807) is 42.3 Å². The molecule has 1 saturated heterocycles. The highest BCUT2D eigenvalue weighted by Gasteiger charge is 2.20. The van der Waals surface area contributed by atoms with Gasteiger partial charge in [0.05, 0.1) is 11.3 Å². The Morgan fingerprint density at radius 1 is 1.19 bits per heavy atom. The third kappa shape index (κ3) is 5.22. The molecule has 0 aliphatic carbocycles. The first-order valence-corrected chi connectivity index (χ1v) is 10.4. The molecule has 1 aliphatic rings. The molecule has 1 unspecified atom stereocenters. The van der Waals surface area contributed by atoms with Gasteiger partial charge in [0.1, 0.15) is 36.2 Å². The fraction of sp³-hybridized carbons (Fsp3) is 0.348. The SMILES string of the molecule is Cn1nccc1-c1cc(F)cc(OCC(O)CN2CCN(c3ccc(C#N)cn3)CC2)c1. The molecule has 0 amide bonds. The number of aromatic nitrogens is 3. The summed E-state index contributed by atoms with van der Waals surface area (Å²) in [5.74, 6) is 0.820. The zero-order valence-electron chi connectivity index (χ0n) is 17.9. The standard InChI is InChI=1S/C23H25FN6O2/c1-28-22(4-5-27-28)18-10-19(24)12-21(11-18)32-16-20(31)15-29-6-8-30(9-7-29)23-3-2-17(13-25)14-26-23/h2-5,10-12,14,20,31H,6-9,15-16H2,1H3. The van der Waals surface area contributed by atoms with E-state index in [2.05, 4.69) is 26.0 Å². The van der Waals surface area contributed by atoms with Crippen molar-refractivity contribution in [3.8, 4) is 23.1 Å². The summed E-state index contributed by atoms with van der Waals surface area (Å²) >= 11 is 0. The van der Waals surface area contributed by atoms with Crippen LogP contribution in [0.1, 0.15) is 5.56 Å². The number of aryl methyl sites for hydroxylation is 1. The molecule has 2 aromatic heterocycles. The maximum absolute atomic E-state index is 14.1. The maximum Gasteiger partial charge on any atom is 0.128 e. The lowest BCUT2D eigenvalue weighted by atomic mass is 10.1. The smallest absolute Gasteiger partial charge is 0.128 e. The van der Waals surface area contributed by atoms with E-state index >= 15 is 0 Å². The second-order valence-corrected chi connectivity index (χ2v) is 7.79. The minimum absolute atomic E-state index is 0.0751. The van der Waals surface area contributed by atoms with Crippen LogP contribution in [0.15, 0.2) is 48.8 Å². The Bertz CT molecular complexity index is 1090. The molecule has 3 aromatic rings. The van der Waals surface area contributed by atoms with E-state index in [1.165, 1.54) is 12.1 Å². The minimum atomic E-state index is -0.696. The summed E-state index contributed by atoms with van der Waals surface area (Å²) in [7, 11) is 1.79. The average molecular weight is 436 g/mol. The van der Waals surface area contributed by atoms with E-state index in [9.17, 15) is 9.50 Å². The molecule has 1 fully saturated rings. The number of halogens is 1. The number of aliphatic hydroxyl groups is 1. The molecule has 1 atom stereocenters. The van der Waals surface area contributed by atoms with Crippen molar-refractivity contribution < 1.29 is 14.2 Å². The van der Waals surface area contributed by atoms with Crippen molar-refractivity contribution in [2.75, 3.05) is 44.2 Å². The third-order valence-corrected chi connectivity index (χ3v) is 5.47. The quantitative estimate of drug-likeness (QED) is 0.606. The summed E-state index contributed by atoms with van der Waals surface area (Å²) in [5.41, 5.74) is 1.99. The molecule has 9 heteroatoms. The van der Waals surface area contributed by atoms with Crippen LogP contribution in [-0.4, -0.2) is 70.2 Å². The second-order valence-electron chi connectivity index (χ2n) is 7.79. The molecule has 4 rings (SSSR count). The topological polar surface area (TPSA) is 90.4 Å². The van der Waals surface area contributed by atoms with E-state index in [0.717, 1.165) is 37.7 Å². The van der Waals surface area contributed by atoms with E-state index in [-0.39, 0.29) is 6.61 Å². The van der Waals surface area contributed by atoms with Crippen LogP contribution in [0, 0.1) is 17.1 Å². The first-order chi connectivity index (χ1) is 15.5. The highest BCUT2D eigenvalue weighted by atomic mass is 19.1. The largest absolute Gasteiger partial charge is 0.491 e. The van der Waals surface area contributed by atoms with Crippen molar-refractivity contribution in [3.05, 3.63) is 60.2 Å². The fourth-order valence-electron chi connectivity index (χ4n) is 3.79. The van der Waals surface area contributed by atoms with E-state index in [1.807, 2.05) is 6.07 Å². The van der Waals surface area contributed by atoms with Gasteiger partial charge in [-0.05, 0) is 30.3 Å². The lowest BCUT2D eigenvalue weighted by Gasteiger charge is -2.36. The zero-order chi connectivity index (χ0) is 22.5. The Balaban J connectivity index is 1.27. The van der Waals surface area contributed by atoms with Crippen molar-refractivity contribution in [3.63, 3.8) is 0 Å². The molecule has 1 N–H and O–H groups in total. The number of rotatable bonds is 7. The monoisotopic (exact) mass is 436 g/mol. The normalized spacial score (nSPS) is 15.4. The number of nitriles is 1. The molecule has 1 aromatic carbocycles. The molecule has 3 heterocycles. The van der Waals surface area contributed by atoms with Crippen LogP contribution in [0.4, 0.5) is 10.2 Å². The molecule has 32 heavy (non-hydrogen) atoms. The summed E-state index contributed by atoms with van der Waals surface area (Å²) < 4.78 is 21.4. The third-order valence-electron chi connectivity index (χ3n) is 5.47. The molecule has 1 aliphatic heterocycles. The number of piperazine rings is 1. The van der Waals surface area contributed by atoms with Crippen LogP contribution >= 0.6 is 0 Å². The van der Waals surface area contributed by atoms with E-state index < -0.39 is 11.9 Å². The van der Waals surface area contributed by atoms with Crippen LogP contribution in [0.3, 0.4) is 0 Å². The lowest BCUT2D eigenvalue weighted by molar-refractivity contribution is 0.0661. The number of aliphatic hydroxyl groups excluding tert-OH is 1. The average Bonchev–Trinajstić information content (AvgIpc) is 3.24. The van der Waals surface area contributed by atoms with Gasteiger partial charge >= 0.3 is 0 Å². The number of benzene rings is 1. The summed E-state index contributed by atoms with van der Waals surface area (Å²) in [6.45, 7) is 3.67. The van der Waals surface area contributed by atoms with Gasteiger partial charge in [-0.3, -0.25) is 9.58 Å². The first-order valence-electron chi connectivity index (χ1n) is 10.4. The Kier molecular flexibility index (Phi) is 6.63.